The molecule has 21 heavy (non-hydrogen) atoms. The fourth-order valence-corrected chi connectivity index (χ4v) is 3.07. The van der Waals surface area contributed by atoms with Crippen molar-refractivity contribution >= 4 is 15.7 Å². The van der Waals surface area contributed by atoms with Gasteiger partial charge in [0.2, 0.25) is 0 Å². The van der Waals surface area contributed by atoms with Crippen molar-refractivity contribution < 1.29 is 8.42 Å². The topological polar surface area (TPSA) is 71.1 Å². The van der Waals surface area contributed by atoms with Gasteiger partial charge in [0.1, 0.15) is 0 Å². The van der Waals surface area contributed by atoms with Crippen molar-refractivity contribution in [3.8, 4) is 0 Å². The zero-order valence-corrected chi connectivity index (χ0v) is 13.2. The predicted molar refractivity (Wildman–Crippen MR) is 83.7 cm³/mol. The number of pyridine rings is 1. The lowest BCUT2D eigenvalue weighted by molar-refractivity contribution is 0.597. The number of aryl methyl sites for hydroxylation is 2. The van der Waals surface area contributed by atoms with Crippen molar-refractivity contribution in [1.29, 1.82) is 0 Å². The number of anilines is 1. The van der Waals surface area contributed by atoms with Gasteiger partial charge in [-0.05, 0) is 44.2 Å². The average Bonchev–Trinajstić information content (AvgIpc) is 2.43. The lowest BCUT2D eigenvalue weighted by atomic mass is 10.1. The SMILES string of the molecule is CNCc1ccc(S(=O)(=O)Nc2ccc(C)cc2C)nc1. The molecule has 1 heterocycles. The number of rotatable bonds is 5. The second kappa shape index (κ2) is 6.24. The van der Waals surface area contributed by atoms with Gasteiger partial charge in [0, 0.05) is 12.7 Å². The minimum absolute atomic E-state index is 0.0160. The van der Waals surface area contributed by atoms with Crippen LogP contribution >= 0.6 is 0 Å². The highest BCUT2D eigenvalue weighted by molar-refractivity contribution is 7.92. The fourth-order valence-electron chi connectivity index (χ4n) is 2.00. The van der Waals surface area contributed by atoms with Crippen molar-refractivity contribution in [3.05, 3.63) is 53.2 Å². The van der Waals surface area contributed by atoms with Crippen LogP contribution < -0.4 is 10.0 Å². The Bertz CT molecular complexity index is 725. The smallest absolute Gasteiger partial charge is 0.279 e. The molecule has 0 saturated heterocycles. The first kappa shape index (κ1) is 15.5. The Hall–Kier alpha value is -1.92. The van der Waals surface area contributed by atoms with E-state index in [0.29, 0.717) is 12.2 Å². The molecule has 0 spiro atoms. The summed E-state index contributed by atoms with van der Waals surface area (Å²) in [7, 11) is -1.84. The molecule has 0 atom stereocenters. The maximum absolute atomic E-state index is 12.3. The van der Waals surface area contributed by atoms with E-state index in [0.717, 1.165) is 16.7 Å². The Balaban J connectivity index is 2.25. The number of nitrogens with zero attached hydrogens (tertiary/aromatic N) is 1. The maximum atomic E-state index is 12.3. The Kier molecular flexibility index (Phi) is 4.59. The van der Waals surface area contributed by atoms with E-state index in [2.05, 4.69) is 15.0 Å². The molecule has 0 bridgehead atoms. The highest BCUT2D eigenvalue weighted by atomic mass is 32.2. The summed E-state index contributed by atoms with van der Waals surface area (Å²) in [6.07, 6.45) is 1.56. The molecular formula is C15H19N3O2S. The monoisotopic (exact) mass is 305 g/mol. The van der Waals surface area contributed by atoms with Crippen molar-refractivity contribution in [2.24, 2.45) is 0 Å². The van der Waals surface area contributed by atoms with Crippen LogP contribution in [-0.4, -0.2) is 20.4 Å². The predicted octanol–water partition coefficient (Wildman–Crippen LogP) is 2.22. The summed E-state index contributed by atoms with van der Waals surface area (Å²) < 4.78 is 27.2. The van der Waals surface area contributed by atoms with E-state index in [9.17, 15) is 8.42 Å². The largest absolute Gasteiger partial charge is 0.316 e. The summed E-state index contributed by atoms with van der Waals surface area (Å²) in [6.45, 7) is 4.49. The summed E-state index contributed by atoms with van der Waals surface area (Å²) in [5.74, 6) is 0. The maximum Gasteiger partial charge on any atom is 0.279 e. The molecule has 0 fully saturated rings. The van der Waals surface area contributed by atoms with Crippen molar-refractivity contribution in [2.75, 3.05) is 11.8 Å². The Morgan fingerprint density at radius 3 is 2.48 bits per heavy atom. The Morgan fingerprint density at radius 2 is 1.90 bits per heavy atom. The lowest BCUT2D eigenvalue weighted by Gasteiger charge is -2.11. The van der Waals surface area contributed by atoms with Gasteiger partial charge in [-0.25, -0.2) is 4.98 Å². The van der Waals surface area contributed by atoms with Crippen molar-refractivity contribution in [3.63, 3.8) is 0 Å². The van der Waals surface area contributed by atoms with Gasteiger partial charge in [0.15, 0.2) is 5.03 Å². The minimum Gasteiger partial charge on any atom is -0.316 e. The molecule has 0 amide bonds. The summed E-state index contributed by atoms with van der Waals surface area (Å²) in [5, 5.41) is 3.01. The molecule has 6 heteroatoms. The molecule has 1 aromatic carbocycles. The number of hydrogen-bond donors (Lipinski definition) is 2. The fraction of sp³-hybridized carbons (Fsp3) is 0.267. The van der Waals surface area contributed by atoms with Gasteiger partial charge in [-0.15, -0.1) is 0 Å². The normalized spacial score (nSPS) is 11.4. The summed E-state index contributed by atoms with van der Waals surface area (Å²) >= 11 is 0. The van der Waals surface area contributed by atoms with Crippen molar-refractivity contribution in [1.82, 2.24) is 10.3 Å². The summed E-state index contributed by atoms with van der Waals surface area (Å²) in [6, 6.07) is 8.83. The molecule has 0 aliphatic carbocycles. The highest BCUT2D eigenvalue weighted by Crippen LogP contribution is 2.20. The van der Waals surface area contributed by atoms with Crippen LogP contribution in [0.25, 0.3) is 0 Å². The van der Waals surface area contributed by atoms with Gasteiger partial charge < -0.3 is 5.32 Å². The first-order chi connectivity index (χ1) is 9.92. The molecule has 2 aromatic rings. The van der Waals surface area contributed by atoms with Gasteiger partial charge in [-0.3, -0.25) is 4.72 Å². The van der Waals surface area contributed by atoms with Gasteiger partial charge in [-0.2, -0.15) is 8.42 Å². The van der Waals surface area contributed by atoms with Gasteiger partial charge in [0.05, 0.1) is 5.69 Å². The third kappa shape index (κ3) is 3.80. The number of hydrogen-bond acceptors (Lipinski definition) is 4. The molecule has 2 rings (SSSR count). The Labute approximate surface area is 125 Å². The van der Waals surface area contributed by atoms with E-state index in [-0.39, 0.29) is 5.03 Å². The van der Waals surface area contributed by atoms with Gasteiger partial charge in [-0.1, -0.05) is 23.8 Å². The molecule has 2 N–H and O–H groups in total. The number of nitrogens with one attached hydrogen (secondary N) is 2. The van der Waals surface area contributed by atoms with E-state index in [4.69, 9.17) is 0 Å². The van der Waals surface area contributed by atoms with E-state index in [1.165, 1.54) is 6.07 Å². The minimum atomic E-state index is -3.66. The van der Waals surface area contributed by atoms with E-state index < -0.39 is 10.0 Å². The van der Waals surface area contributed by atoms with Gasteiger partial charge in [0.25, 0.3) is 10.0 Å². The Morgan fingerprint density at radius 1 is 1.14 bits per heavy atom. The van der Waals surface area contributed by atoms with Crippen LogP contribution in [0.5, 0.6) is 0 Å². The number of benzene rings is 1. The molecule has 0 aliphatic heterocycles. The first-order valence-corrected chi connectivity index (χ1v) is 8.10. The quantitative estimate of drug-likeness (QED) is 0.888. The van der Waals surface area contributed by atoms with Gasteiger partial charge >= 0.3 is 0 Å². The number of aromatic nitrogens is 1. The zero-order chi connectivity index (χ0) is 15.5. The summed E-state index contributed by atoms with van der Waals surface area (Å²) in [4.78, 5) is 4.02. The number of sulfonamides is 1. The second-order valence-electron chi connectivity index (χ2n) is 4.96. The van der Waals surface area contributed by atoms with Crippen molar-refractivity contribution in [2.45, 2.75) is 25.4 Å². The van der Waals surface area contributed by atoms with Crippen LogP contribution in [0.15, 0.2) is 41.6 Å². The van der Waals surface area contributed by atoms with E-state index in [1.54, 1.807) is 18.3 Å². The molecule has 0 radical (unpaired) electrons. The third-order valence-electron chi connectivity index (χ3n) is 3.08. The van der Waals surface area contributed by atoms with E-state index >= 15 is 0 Å². The molecule has 0 aliphatic rings. The molecule has 5 nitrogen and oxygen atoms in total. The average molecular weight is 305 g/mol. The second-order valence-corrected chi connectivity index (χ2v) is 6.59. The van der Waals surface area contributed by atoms with E-state index in [1.807, 2.05) is 33.0 Å². The summed E-state index contributed by atoms with van der Waals surface area (Å²) in [5.41, 5.74) is 3.47. The first-order valence-electron chi connectivity index (χ1n) is 6.62. The lowest BCUT2D eigenvalue weighted by Crippen LogP contribution is -2.15. The standard InChI is InChI=1S/C15H19N3O2S/c1-11-4-6-14(12(2)8-11)18-21(19,20)15-7-5-13(9-16-3)10-17-15/h4-8,10,16,18H,9H2,1-3H3. The highest BCUT2D eigenvalue weighted by Gasteiger charge is 2.16. The van der Waals surface area contributed by atoms with Crippen LogP contribution in [0.4, 0.5) is 5.69 Å². The molecular weight excluding hydrogens is 286 g/mol. The molecule has 1 aromatic heterocycles. The zero-order valence-electron chi connectivity index (χ0n) is 12.3. The van der Waals surface area contributed by atoms with Crippen LogP contribution in [0, 0.1) is 13.8 Å². The van der Waals surface area contributed by atoms with Crippen LogP contribution in [0.1, 0.15) is 16.7 Å². The van der Waals surface area contributed by atoms with Crippen LogP contribution in [0.3, 0.4) is 0 Å². The molecule has 0 saturated carbocycles. The third-order valence-corrected chi connectivity index (χ3v) is 4.36. The molecule has 112 valence electrons. The van der Waals surface area contributed by atoms with Crippen LogP contribution in [0.2, 0.25) is 0 Å². The van der Waals surface area contributed by atoms with Crippen LogP contribution in [-0.2, 0) is 16.6 Å². The molecule has 0 unspecified atom stereocenters.